The molecule has 2 heterocycles. The van der Waals surface area contributed by atoms with Crippen LogP contribution in [0.4, 0.5) is 0 Å². The summed E-state index contributed by atoms with van der Waals surface area (Å²) in [7, 11) is 4.56. The first-order valence-corrected chi connectivity index (χ1v) is 12.3. The van der Waals surface area contributed by atoms with E-state index in [0.717, 1.165) is 23.9 Å². The lowest BCUT2D eigenvalue weighted by Gasteiger charge is -2.34. The summed E-state index contributed by atoms with van der Waals surface area (Å²) < 4.78 is 16.1. The summed E-state index contributed by atoms with van der Waals surface area (Å²) in [6, 6.07) is 14.4. The highest BCUT2D eigenvalue weighted by atomic mass is 16.5. The molecule has 1 saturated heterocycles. The lowest BCUT2D eigenvalue weighted by molar-refractivity contribution is -0.903. The van der Waals surface area contributed by atoms with Crippen LogP contribution in [0, 0.1) is 0 Å². The highest BCUT2D eigenvalue weighted by Gasteiger charge is 2.34. The molecule has 9 heteroatoms. The fourth-order valence-electron chi connectivity index (χ4n) is 5.22. The number of carbonyl (C=O) groups excluding carboxylic acids is 3. The van der Waals surface area contributed by atoms with Gasteiger partial charge in [-0.1, -0.05) is 24.3 Å². The smallest absolute Gasteiger partial charge is 0.261 e. The summed E-state index contributed by atoms with van der Waals surface area (Å²) in [6.45, 7) is 3.53. The largest absolute Gasteiger partial charge is 0.493 e. The van der Waals surface area contributed by atoms with Crippen molar-refractivity contribution < 1.29 is 33.5 Å². The van der Waals surface area contributed by atoms with Crippen molar-refractivity contribution in [2.45, 2.75) is 0 Å². The first-order valence-electron chi connectivity index (χ1n) is 12.3. The zero-order chi connectivity index (χ0) is 26.1. The fourth-order valence-corrected chi connectivity index (χ4v) is 5.22. The maximum atomic E-state index is 13.2. The number of piperazine rings is 1. The minimum Gasteiger partial charge on any atom is -0.493 e. The van der Waals surface area contributed by atoms with Crippen LogP contribution in [0.2, 0.25) is 0 Å². The minimum absolute atomic E-state index is 0.107. The second kappa shape index (κ2) is 10.1. The number of hydrogen-bond donors (Lipinski definition) is 1. The number of methoxy groups -OCH3 is 3. The van der Waals surface area contributed by atoms with Crippen molar-refractivity contribution in [2.75, 3.05) is 60.6 Å². The molecule has 1 fully saturated rings. The topological polar surface area (TPSA) is 89.8 Å². The summed E-state index contributed by atoms with van der Waals surface area (Å²) in [5.74, 6) is 0.709. The third-order valence-corrected chi connectivity index (χ3v) is 7.21. The van der Waals surface area contributed by atoms with Crippen molar-refractivity contribution in [1.29, 1.82) is 0 Å². The van der Waals surface area contributed by atoms with E-state index in [4.69, 9.17) is 14.2 Å². The molecule has 2 aliphatic rings. The molecule has 0 aliphatic carbocycles. The Kier molecular flexibility index (Phi) is 6.71. The van der Waals surface area contributed by atoms with Gasteiger partial charge in [-0.05, 0) is 29.7 Å². The van der Waals surface area contributed by atoms with Crippen molar-refractivity contribution in [3.05, 3.63) is 65.2 Å². The van der Waals surface area contributed by atoms with Gasteiger partial charge < -0.3 is 24.0 Å². The van der Waals surface area contributed by atoms with Gasteiger partial charge in [0.15, 0.2) is 11.5 Å². The Bertz CT molecular complexity index is 1300. The van der Waals surface area contributed by atoms with Crippen molar-refractivity contribution >= 4 is 28.5 Å². The molecule has 3 aromatic carbocycles. The summed E-state index contributed by atoms with van der Waals surface area (Å²) in [4.78, 5) is 43.9. The van der Waals surface area contributed by atoms with Crippen LogP contribution in [0.5, 0.6) is 17.2 Å². The number of benzene rings is 3. The van der Waals surface area contributed by atoms with Crippen LogP contribution in [0.25, 0.3) is 10.8 Å². The lowest BCUT2D eigenvalue weighted by Crippen LogP contribution is -3.15. The van der Waals surface area contributed by atoms with Crippen LogP contribution >= 0.6 is 0 Å². The fraction of sp³-hybridized carbons (Fsp3) is 0.321. The number of hydrogen-bond acceptors (Lipinski definition) is 6. The second-order valence-corrected chi connectivity index (χ2v) is 9.18. The van der Waals surface area contributed by atoms with E-state index in [1.165, 1.54) is 31.1 Å². The molecule has 0 aromatic heterocycles. The molecule has 0 radical (unpaired) electrons. The molecule has 5 rings (SSSR count). The Labute approximate surface area is 215 Å². The lowest BCUT2D eigenvalue weighted by atomic mass is 9.94. The van der Waals surface area contributed by atoms with E-state index >= 15 is 0 Å². The molecule has 3 aromatic rings. The zero-order valence-corrected chi connectivity index (χ0v) is 21.2. The van der Waals surface area contributed by atoms with Gasteiger partial charge in [-0.25, -0.2) is 0 Å². The first-order chi connectivity index (χ1) is 18.0. The molecule has 0 spiro atoms. The van der Waals surface area contributed by atoms with E-state index in [1.54, 1.807) is 29.2 Å². The van der Waals surface area contributed by atoms with Crippen LogP contribution in [0.3, 0.4) is 0 Å². The van der Waals surface area contributed by atoms with Crippen molar-refractivity contribution in [2.24, 2.45) is 0 Å². The number of quaternary nitrogens is 1. The predicted octanol–water partition coefficient (Wildman–Crippen LogP) is 1.50. The van der Waals surface area contributed by atoms with Crippen LogP contribution in [0.15, 0.2) is 48.5 Å². The minimum atomic E-state index is -0.245. The number of rotatable bonds is 7. The SMILES string of the molecule is COc1cc(C(=O)N2CC[NH+](CCN3C(=O)c4cccc5cccc(c45)C3=O)CC2)cc(OC)c1OC. The molecule has 3 amide bonds. The number of carbonyl (C=O) groups is 3. The Morgan fingerprint density at radius 1 is 0.865 bits per heavy atom. The predicted molar refractivity (Wildman–Crippen MR) is 137 cm³/mol. The normalized spacial score (nSPS) is 15.8. The second-order valence-electron chi connectivity index (χ2n) is 9.18. The molecule has 0 atom stereocenters. The highest BCUT2D eigenvalue weighted by molar-refractivity contribution is 6.25. The van der Waals surface area contributed by atoms with E-state index < -0.39 is 0 Å². The summed E-state index contributed by atoms with van der Waals surface area (Å²) in [5.41, 5.74) is 1.61. The Balaban J connectivity index is 1.22. The molecule has 2 aliphatic heterocycles. The number of amides is 3. The number of nitrogens with one attached hydrogen (secondary N) is 1. The molecule has 0 unspecified atom stereocenters. The summed E-state index contributed by atoms with van der Waals surface area (Å²) in [6.07, 6.45) is 0. The number of imide groups is 1. The quantitative estimate of drug-likeness (QED) is 0.491. The molecule has 37 heavy (non-hydrogen) atoms. The third kappa shape index (κ3) is 4.35. The Morgan fingerprint density at radius 3 is 1.95 bits per heavy atom. The number of ether oxygens (including phenoxy) is 3. The van der Waals surface area contributed by atoms with E-state index in [1.807, 2.05) is 24.3 Å². The van der Waals surface area contributed by atoms with Crippen LogP contribution < -0.4 is 19.1 Å². The van der Waals surface area contributed by atoms with Crippen molar-refractivity contribution in [1.82, 2.24) is 9.80 Å². The van der Waals surface area contributed by atoms with Gasteiger partial charge in [0, 0.05) is 22.1 Å². The zero-order valence-electron chi connectivity index (χ0n) is 21.2. The molecular formula is C28H30N3O6+. The molecule has 0 saturated carbocycles. The Morgan fingerprint density at radius 2 is 1.43 bits per heavy atom. The van der Waals surface area contributed by atoms with Crippen molar-refractivity contribution in [3.8, 4) is 17.2 Å². The van der Waals surface area contributed by atoms with Gasteiger partial charge in [0.2, 0.25) is 5.75 Å². The molecular weight excluding hydrogens is 474 g/mol. The van der Waals surface area contributed by atoms with Gasteiger partial charge in [0.05, 0.1) is 60.6 Å². The van der Waals surface area contributed by atoms with E-state index in [-0.39, 0.29) is 17.7 Å². The average molecular weight is 505 g/mol. The van der Waals surface area contributed by atoms with Gasteiger partial charge >= 0.3 is 0 Å². The molecule has 192 valence electrons. The molecule has 1 N–H and O–H groups in total. The first kappa shape index (κ1) is 24.6. The average Bonchev–Trinajstić information content (AvgIpc) is 2.94. The summed E-state index contributed by atoms with van der Waals surface area (Å²) >= 11 is 0. The van der Waals surface area contributed by atoms with Gasteiger partial charge in [-0.3, -0.25) is 19.3 Å². The maximum Gasteiger partial charge on any atom is 0.261 e. The van der Waals surface area contributed by atoms with Crippen LogP contribution in [-0.2, 0) is 0 Å². The van der Waals surface area contributed by atoms with Crippen LogP contribution in [-0.4, -0.2) is 88.1 Å². The summed E-state index contributed by atoms with van der Waals surface area (Å²) in [5, 5.41) is 1.64. The van der Waals surface area contributed by atoms with E-state index in [2.05, 4.69) is 0 Å². The van der Waals surface area contributed by atoms with Gasteiger partial charge in [-0.2, -0.15) is 0 Å². The molecule has 0 bridgehead atoms. The van der Waals surface area contributed by atoms with E-state index in [0.29, 0.717) is 60.1 Å². The standard InChI is InChI=1S/C28H29N3O6/c1-35-22-16-19(17-23(36-2)25(22)37-3)26(32)30-13-10-29(11-14-30)12-15-31-27(33)20-8-4-6-18-7-5-9-21(24(18)20)28(31)34/h4-9,16-17H,10-15H2,1-3H3/p+1. The number of nitrogens with zero attached hydrogens (tertiary/aromatic N) is 2. The van der Waals surface area contributed by atoms with Gasteiger partial charge in [0.25, 0.3) is 17.7 Å². The van der Waals surface area contributed by atoms with Gasteiger partial charge in [0.1, 0.15) is 0 Å². The maximum absolute atomic E-state index is 13.2. The molecule has 9 nitrogen and oxygen atoms in total. The highest BCUT2D eigenvalue weighted by Crippen LogP contribution is 2.38. The third-order valence-electron chi connectivity index (χ3n) is 7.21. The van der Waals surface area contributed by atoms with Crippen LogP contribution in [0.1, 0.15) is 31.1 Å². The van der Waals surface area contributed by atoms with Crippen molar-refractivity contribution in [3.63, 3.8) is 0 Å². The van der Waals surface area contributed by atoms with E-state index in [9.17, 15) is 14.4 Å². The monoisotopic (exact) mass is 504 g/mol. The van der Waals surface area contributed by atoms with Gasteiger partial charge in [-0.15, -0.1) is 0 Å². The Hall–Kier alpha value is -4.11.